The number of carbonyl (C=O) groups is 2. The highest BCUT2D eigenvalue weighted by molar-refractivity contribution is 6.04. The summed E-state index contributed by atoms with van der Waals surface area (Å²) in [7, 11) is 0. The van der Waals surface area contributed by atoms with Gasteiger partial charge in [-0.25, -0.2) is 0 Å². The number of amides is 1. The number of ketones is 1. The Kier molecular flexibility index (Phi) is 4.65. The van der Waals surface area contributed by atoms with Crippen molar-refractivity contribution in [3.8, 4) is 5.75 Å². The Bertz CT molecular complexity index is 768. The van der Waals surface area contributed by atoms with Gasteiger partial charge in [0.05, 0.1) is 5.56 Å². The molecule has 1 amide bonds. The second-order valence-electron chi connectivity index (χ2n) is 6.25. The van der Waals surface area contributed by atoms with Gasteiger partial charge < -0.3 is 10.1 Å². The molecule has 0 radical (unpaired) electrons. The largest absolute Gasteiger partial charge is 0.483 e. The Morgan fingerprint density at radius 1 is 1.21 bits per heavy atom. The Labute approximate surface area is 141 Å². The van der Waals surface area contributed by atoms with E-state index >= 15 is 0 Å². The summed E-state index contributed by atoms with van der Waals surface area (Å²) in [5.74, 6) is 0.621. The SMILES string of the molecule is Cc1ccc(OCC(=O)NCc2ccccc2)c2c1[C@H](C)CC2=O. The van der Waals surface area contributed by atoms with E-state index in [1.807, 2.05) is 50.2 Å². The number of ether oxygens (including phenoxy) is 1. The summed E-state index contributed by atoms with van der Waals surface area (Å²) >= 11 is 0. The molecule has 1 aliphatic rings. The number of nitrogens with one attached hydrogen (secondary N) is 1. The van der Waals surface area contributed by atoms with Crippen molar-refractivity contribution in [3.05, 3.63) is 64.7 Å². The lowest BCUT2D eigenvalue weighted by Crippen LogP contribution is -2.28. The van der Waals surface area contributed by atoms with E-state index in [0.29, 0.717) is 24.3 Å². The highest BCUT2D eigenvalue weighted by Gasteiger charge is 2.31. The number of hydrogen-bond acceptors (Lipinski definition) is 3. The van der Waals surface area contributed by atoms with Gasteiger partial charge in [-0.05, 0) is 35.6 Å². The molecule has 0 heterocycles. The predicted octanol–water partition coefficient (Wildman–Crippen LogP) is 3.38. The molecular formula is C20H21NO3. The van der Waals surface area contributed by atoms with Crippen LogP contribution in [-0.4, -0.2) is 18.3 Å². The highest BCUT2D eigenvalue weighted by Crippen LogP contribution is 2.40. The van der Waals surface area contributed by atoms with Crippen LogP contribution in [0.5, 0.6) is 5.75 Å². The van der Waals surface area contributed by atoms with E-state index in [1.165, 1.54) is 0 Å². The molecule has 2 aromatic rings. The average molecular weight is 323 g/mol. The lowest BCUT2D eigenvalue weighted by Gasteiger charge is -2.13. The smallest absolute Gasteiger partial charge is 0.258 e. The van der Waals surface area contributed by atoms with Crippen molar-refractivity contribution in [2.75, 3.05) is 6.61 Å². The first-order chi connectivity index (χ1) is 11.6. The molecule has 1 atom stereocenters. The number of Topliss-reactive ketones (excluding diaryl/α,β-unsaturated/α-hetero) is 1. The zero-order valence-corrected chi connectivity index (χ0v) is 14.0. The van der Waals surface area contributed by atoms with E-state index in [-0.39, 0.29) is 24.2 Å². The maximum Gasteiger partial charge on any atom is 0.258 e. The van der Waals surface area contributed by atoms with Crippen LogP contribution in [0.1, 0.15) is 46.3 Å². The fourth-order valence-corrected chi connectivity index (χ4v) is 3.22. The fraction of sp³-hybridized carbons (Fsp3) is 0.300. The molecule has 0 saturated carbocycles. The summed E-state index contributed by atoms with van der Waals surface area (Å²) in [5, 5.41) is 2.82. The summed E-state index contributed by atoms with van der Waals surface area (Å²) < 4.78 is 5.64. The number of rotatable bonds is 5. The topological polar surface area (TPSA) is 55.4 Å². The van der Waals surface area contributed by atoms with E-state index < -0.39 is 0 Å². The van der Waals surface area contributed by atoms with Gasteiger partial charge in [-0.3, -0.25) is 9.59 Å². The molecule has 124 valence electrons. The van der Waals surface area contributed by atoms with Gasteiger partial charge in [0.1, 0.15) is 5.75 Å². The summed E-state index contributed by atoms with van der Waals surface area (Å²) in [6.45, 7) is 4.42. The molecule has 0 saturated heterocycles. The number of benzene rings is 2. The van der Waals surface area contributed by atoms with E-state index in [1.54, 1.807) is 6.07 Å². The quantitative estimate of drug-likeness (QED) is 0.918. The third-order valence-corrected chi connectivity index (χ3v) is 4.38. The minimum absolute atomic E-state index is 0.0933. The number of aryl methyl sites for hydroxylation is 1. The normalized spacial score (nSPS) is 15.9. The maximum atomic E-state index is 12.2. The van der Waals surface area contributed by atoms with E-state index in [0.717, 1.165) is 16.7 Å². The Morgan fingerprint density at radius 3 is 2.71 bits per heavy atom. The molecule has 0 aliphatic heterocycles. The Hall–Kier alpha value is -2.62. The minimum atomic E-state index is -0.202. The van der Waals surface area contributed by atoms with Crippen molar-refractivity contribution in [1.82, 2.24) is 5.32 Å². The van der Waals surface area contributed by atoms with Crippen LogP contribution in [0.2, 0.25) is 0 Å². The molecule has 0 spiro atoms. The first-order valence-corrected chi connectivity index (χ1v) is 8.16. The van der Waals surface area contributed by atoms with Gasteiger partial charge in [-0.1, -0.05) is 43.3 Å². The van der Waals surface area contributed by atoms with Gasteiger partial charge in [-0.15, -0.1) is 0 Å². The summed E-state index contributed by atoms with van der Waals surface area (Å²) in [4.78, 5) is 24.2. The molecule has 0 unspecified atom stereocenters. The van der Waals surface area contributed by atoms with E-state index in [2.05, 4.69) is 5.32 Å². The maximum absolute atomic E-state index is 12.2. The van der Waals surface area contributed by atoms with E-state index in [9.17, 15) is 9.59 Å². The number of carbonyl (C=O) groups excluding carboxylic acids is 2. The van der Waals surface area contributed by atoms with Crippen LogP contribution >= 0.6 is 0 Å². The van der Waals surface area contributed by atoms with Gasteiger partial charge in [0.25, 0.3) is 5.91 Å². The van der Waals surface area contributed by atoms with Crippen molar-refractivity contribution < 1.29 is 14.3 Å². The van der Waals surface area contributed by atoms with Crippen LogP contribution in [0.25, 0.3) is 0 Å². The summed E-state index contributed by atoms with van der Waals surface area (Å²) in [5.41, 5.74) is 3.84. The first kappa shape index (κ1) is 16.2. The first-order valence-electron chi connectivity index (χ1n) is 8.16. The second kappa shape index (κ2) is 6.87. The molecular weight excluding hydrogens is 302 g/mol. The zero-order chi connectivity index (χ0) is 17.1. The number of hydrogen-bond donors (Lipinski definition) is 1. The Morgan fingerprint density at radius 2 is 1.96 bits per heavy atom. The van der Waals surface area contributed by atoms with E-state index in [4.69, 9.17) is 4.74 Å². The molecule has 2 aromatic carbocycles. The summed E-state index contributed by atoms with van der Waals surface area (Å²) in [6.07, 6.45) is 0.511. The van der Waals surface area contributed by atoms with Crippen LogP contribution in [0, 0.1) is 6.92 Å². The van der Waals surface area contributed by atoms with Crippen LogP contribution in [0.4, 0.5) is 0 Å². The average Bonchev–Trinajstić information content (AvgIpc) is 2.89. The predicted molar refractivity (Wildman–Crippen MR) is 92.3 cm³/mol. The zero-order valence-electron chi connectivity index (χ0n) is 14.0. The van der Waals surface area contributed by atoms with Crippen LogP contribution < -0.4 is 10.1 Å². The molecule has 0 fully saturated rings. The number of fused-ring (bicyclic) bond motifs is 1. The molecule has 3 rings (SSSR count). The Balaban J connectivity index is 1.63. The lowest BCUT2D eigenvalue weighted by molar-refractivity contribution is -0.123. The van der Waals surface area contributed by atoms with Crippen LogP contribution in [0.15, 0.2) is 42.5 Å². The fourth-order valence-electron chi connectivity index (χ4n) is 3.22. The van der Waals surface area contributed by atoms with Gasteiger partial charge >= 0.3 is 0 Å². The third-order valence-electron chi connectivity index (χ3n) is 4.38. The minimum Gasteiger partial charge on any atom is -0.483 e. The van der Waals surface area contributed by atoms with Gasteiger partial charge in [0, 0.05) is 13.0 Å². The second-order valence-corrected chi connectivity index (χ2v) is 6.25. The standard InChI is InChI=1S/C20H21NO3/c1-13-8-9-17(20-16(22)10-14(2)19(13)20)24-12-18(23)21-11-15-6-4-3-5-7-15/h3-9,14H,10-12H2,1-2H3,(H,21,23)/t14-/m1/s1. The van der Waals surface area contributed by atoms with Gasteiger partial charge in [0.2, 0.25) is 0 Å². The molecule has 24 heavy (non-hydrogen) atoms. The molecule has 1 N–H and O–H groups in total. The molecule has 0 bridgehead atoms. The summed E-state index contributed by atoms with van der Waals surface area (Å²) in [6, 6.07) is 13.4. The van der Waals surface area contributed by atoms with Crippen LogP contribution in [-0.2, 0) is 11.3 Å². The monoisotopic (exact) mass is 323 g/mol. The van der Waals surface area contributed by atoms with Crippen molar-refractivity contribution in [1.29, 1.82) is 0 Å². The van der Waals surface area contributed by atoms with Crippen molar-refractivity contribution in [2.45, 2.75) is 32.7 Å². The molecule has 0 aromatic heterocycles. The molecule has 4 heteroatoms. The molecule has 1 aliphatic carbocycles. The van der Waals surface area contributed by atoms with Crippen molar-refractivity contribution >= 4 is 11.7 Å². The lowest BCUT2D eigenvalue weighted by atomic mass is 9.97. The highest BCUT2D eigenvalue weighted by atomic mass is 16.5. The van der Waals surface area contributed by atoms with Crippen molar-refractivity contribution in [2.24, 2.45) is 0 Å². The van der Waals surface area contributed by atoms with Crippen LogP contribution in [0.3, 0.4) is 0 Å². The molecule has 4 nitrogen and oxygen atoms in total. The van der Waals surface area contributed by atoms with Gasteiger partial charge in [-0.2, -0.15) is 0 Å². The van der Waals surface area contributed by atoms with Crippen molar-refractivity contribution in [3.63, 3.8) is 0 Å². The van der Waals surface area contributed by atoms with Gasteiger partial charge in [0.15, 0.2) is 12.4 Å². The third kappa shape index (κ3) is 3.32.